The summed E-state index contributed by atoms with van der Waals surface area (Å²) in [5, 5.41) is 0. The SMILES string of the molecule is COc1cc2c(c(OC)c1)CCN(C(=O)c1ccc(OCCCN3CCCCC3)cc1)CC2. The molecule has 0 unspecified atom stereocenters. The summed E-state index contributed by atoms with van der Waals surface area (Å²) in [7, 11) is 3.34. The van der Waals surface area contributed by atoms with Crippen LogP contribution in [0.1, 0.15) is 47.2 Å². The van der Waals surface area contributed by atoms with E-state index < -0.39 is 0 Å². The second kappa shape index (κ2) is 11.4. The van der Waals surface area contributed by atoms with E-state index >= 15 is 0 Å². The van der Waals surface area contributed by atoms with E-state index in [0.29, 0.717) is 25.3 Å². The number of fused-ring (bicyclic) bond motifs is 1. The third-order valence-corrected chi connectivity index (χ3v) is 6.74. The van der Waals surface area contributed by atoms with Crippen LogP contribution in [0.2, 0.25) is 0 Å². The third kappa shape index (κ3) is 5.99. The second-order valence-corrected chi connectivity index (χ2v) is 8.89. The van der Waals surface area contributed by atoms with Crippen LogP contribution in [0.15, 0.2) is 36.4 Å². The van der Waals surface area contributed by atoms with Gasteiger partial charge in [-0.15, -0.1) is 0 Å². The fraction of sp³-hybridized carbons (Fsp3) is 0.519. The van der Waals surface area contributed by atoms with Crippen molar-refractivity contribution >= 4 is 5.91 Å². The molecule has 0 saturated carbocycles. The number of methoxy groups -OCH3 is 2. The maximum Gasteiger partial charge on any atom is 0.253 e. The highest BCUT2D eigenvalue weighted by Gasteiger charge is 2.22. The van der Waals surface area contributed by atoms with E-state index in [1.54, 1.807) is 14.2 Å². The quantitative estimate of drug-likeness (QED) is 0.562. The predicted molar refractivity (Wildman–Crippen MR) is 130 cm³/mol. The van der Waals surface area contributed by atoms with Gasteiger partial charge in [0.25, 0.3) is 5.91 Å². The topological polar surface area (TPSA) is 51.2 Å². The van der Waals surface area contributed by atoms with Crippen LogP contribution in [-0.2, 0) is 12.8 Å². The third-order valence-electron chi connectivity index (χ3n) is 6.74. The molecule has 2 aromatic carbocycles. The maximum absolute atomic E-state index is 13.2. The lowest BCUT2D eigenvalue weighted by atomic mass is 10.0. The van der Waals surface area contributed by atoms with Crippen LogP contribution < -0.4 is 14.2 Å². The molecule has 0 atom stereocenters. The highest BCUT2D eigenvalue weighted by molar-refractivity contribution is 5.94. The van der Waals surface area contributed by atoms with Crippen LogP contribution >= 0.6 is 0 Å². The van der Waals surface area contributed by atoms with Gasteiger partial charge < -0.3 is 24.0 Å². The largest absolute Gasteiger partial charge is 0.497 e. The lowest BCUT2D eigenvalue weighted by Gasteiger charge is -2.26. The minimum absolute atomic E-state index is 0.0605. The van der Waals surface area contributed by atoms with Gasteiger partial charge in [0, 0.05) is 31.3 Å². The fourth-order valence-corrected chi connectivity index (χ4v) is 4.84. The standard InChI is InChI=1S/C27H36N2O4/c1-31-24-19-22-11-16-29(17-12-25(22)26(20-24)32-2)27(30)21-7-9-23(10-8-21)33-18-6-15-28-13-4-3-5-14-28/h7-10,19-20H,3-6,11-18H2,1-2H3. The lowest BCUT2D eigenvalue weighted by Crippen LogP contribution is -2.33. The minimum atomic E-state index is 0.0605. The molecule has 2 aromatic rings. The predicted octanol–water partition coefficient (Wildman–Crippen LogP) is 4.20. The normalized spacial score (nSPS) is 16.6. The number of hydrogen-bond acceptors (Lipinski definition) is 5. The molecule has 0 radical (unpaired) electrons. The minimum Gasteiger partial charge on any atom is -0.497 e. The number of hydrogen-bond donors (Lipinski definition) is 0. The Morgan fingerprint density at radius 3 is 2.36 bits per heavy atom. The Hall–Kier alpha value is -2.73. The molecule has 6 heteroatoms. The van der Waals surface area contributed by atoms with Crippen LogP contribution in [-0.4, -0.2) is 69.3 Å². The first kappa shape index (κ1) is 23.4. The van der Waals surface area contributed by atoms with Gasteiger partial charge in [0.15, 0.2) is 0 Å². The number of likely N-dealkylation sites (tertiary alicyclic amines) is 1. The van der Waals surface area contributed by atoms with E-state index in [-0.39, 0.29) is 5.91 Å². The van der Waals surface area contributed by atoms with E-state index in [9.17, 15) is 4.79 Å². The van der Waals surface area contributed by atoms with Gasteiger partial charge in [-0.05, 0) is 86.7 Å². The zero-order valence-corrected chi connectivity index (χ0v) is 20.0. The first-order chi connectivity index (χ1) is 16.2. The van der Waals surface area contributed by atoms with Crippen molar-refractivity contribution < 1.29 is 19.0 Å². The van der Waals surface area contributed by atoms with Crippen molar-refractivity contribution in [3.8, 4) is 17.2 Å². The number of carbonyl (C=O) groups excluding carboxylic acids is 1. The number of piperidine rings is 1. The Morgan fingerprint density at radius 1 is 0.879 bits per heavy atom. The number of ether oxygens (including phenoxy) is 3. The van der Waals surface area contributed by atoms with Gasteiger partial charge in [-0.1, -0.05) is 6.42 Å². The summed E-state index contributed by atoms with van der Waals surface area (Å²) in [5.41, 5.74) is 3.06. The van der Waals surface area contributed by atoms with E-state index in [4.69, 9.17) is 14.2 Å². The molecule has 0 N–H and O–H groups in total. The molecular weight excluding hydrogens is 416 g/mol. The molecule has 33 heavy (non-hydrogen) atoms. The molecule has 1 fully saturated rings. The van der Waals surface area contributed by atoms with Gasteiger partial charge in [0.1, 0.15) is 17.2 Å². The molecular formula is C27H36N2O4. The second-order valence-electron chi connectivity index (χ2n) is 8.89. The summed E-state index contributed by atoms with van der Waals surface area (Å²) < 4.78 is 16.9. The van der Waals surface area contributed by atoms with Crippen molar-refractivity contribution in [2.75, 3.05) is 53.6 Å². The Labute approximate surface area is 197 Å². The Bertz CT molecular complexity index is 922. The Morgan fingerprint density at radius 2 is 1.64 bits per heavy atom. The zero-order chi connectivity index (χ0) is 23.0. The number of carbonyl (C=O) groups is 1. The summed E-state index contributed by atoms with van der Waals surface area (Å²) in [6.45, 7) is 5.60. The smallest absolute Gasteiger partial charge is 0.253 e. The van der Waals surface area contributed by atoms with Gasteiger partial charge in [0.2, 0.25) is 0 Å². The molecule has 6 nitrogen and oxygen atoms in total. The summed E-state index contributed by atoms with van der Waals surface area (Å²) in [6.07, 6.45) is 6.59. The van der Waals surface area contributed by atoms with Gasteiger partial charge in [-0.3, -0.25) is 4.79 Å². The van der Waals surface area contributed by atoms with Crippen LogP contribution in [0.5, 0.6) is 17.2 Å². The van der Waals surface area contributed by atoms with Gasteiger partial charge in [0.05, 0.1) is 20.8 Å². The molecule has 2 aliphatic rings. The molecule has 0 spiro atoms. The van der Waals surface area contributed by atoms with Crippen molar-refractivity contribution in [1.29, 1.82) is 0 Å². The maximum atomic E-state index is 13.2. The van der Waals surface area contributed by atoms with Crippen molar-refractivity contribution in [2.45, 2.75) is 38.5 Å². The summed E-state index contributed by atoms with van der Waals surface area (Å²) in [4.78, 5) is 17.6. The number of nitrogens with zero attached hydrogens (tertiary/aromatic N) is 2. The number of amides is 1. The first-order valence-corrected chi connectivity index (χ1v) is 12.2. The van der Waals surface area contributed by atoms with Gasteiger partial charge in [-0.2, -0.15) is 0 Å². The molecule has 0 aromatic heterocycles. The van der Waals surface area contributed by atoms with E-state index in [2.05, 4.69) is 11.0 Å². The average Bonchev–Trinajstić information content (AvgIpc) is 3.09. The average molecular weight is 453 g/mol. The molecule has 0 aliphatic carbocycles. The molecule has 1 amide bonds. The van der Waals surface area contributed by atoms with E-state index in [1.807, 2.05) is 35.2 Å². The molecule has 1 saturated heterocycles. The summed E-state index contributed by atoms with van der Waals surface area (Å²) >= 11 is 0. The lowest BCUT2D eigenvalue weighted by molar-refractivity contribution is 0.0763. The summed E-state index contributed by atoms with van der Waals surface area (Å²) in [5.74, 6) is 2.51. The zero-order valence-electron chi connectivity index (χ0n) is 20.0. The number of benzene rings is 2. The number of rotatable bonds is 8. The highest BCUT2D eigenvalue weighted by atomic mass is 16.5. The molecule has 2 heterocycles. The molecule has 0 bridgehead atoms. The van der Waals surface area contributed by atoms with Gasteiger partial charge in [-0.25, -0.2) is 0 Å². The monoisotopic (exact) mass is 452 g/mol. The van der Waals surface area contributed by atoms with Crippen LogP contribution in [0.25, 0.3) is 0 Å². The van der Waals surface area contributed by atoms with Gasteiger partial charge >= 0.3 is 0 Å². The first-order valence-electron chi connectivity index (χ1n) is 12.2. The fourth-order valence-electron chi connectivity index (χ4n) is 4.84. The highest BCUT2D eigenvalue weighted by Crippen LogP contribution is 2.31. The van der Waals surface area contributed by atoms with Crippen LogP contribution in [0.3, 0.4) is 0 Å². The van der Waals surface area contributed by atoms with Crippen LogP contribution in [0, 0.1) is 0 Å². The van der Waals surface area contributed by atoms with Crippen LogP contribution in [0.4, 0.5) is 0 Å². The summed E-state index contributed by atoms with van der Waals surface area (Å²) in [6, 6.07) is 11.6. The van der Waals surface area contributed by atoms with E-state index in [0.717, 1.165) is 43.1 Å². The van der Waals surface area contributed by atoms with Crippen molar-refractivity contribution in [3.63, 3.8) is 0 Å². The molecule has 4 rings (SSSR count). The molecule has 2 aliphatic heterocycles. The Balaban J connectivity index is 1.30. The van der Waals surface area contributed by atoms with Crippen molar-refractivity contribution in [2.24, 2.45) is 0 Å². The van der Waals surface area contributed by atoms with Crippen molar-refractivity contribution in [1.82, 2.24) is 9.80 Å². The molecule has 178 valence electrons. The van der Waals surface area contributed by atoms with Crippen molar-refractivity contribution in [3.05, 3.63) is 53.1 Å². The van der Waals surface area contributed by atoms with E-state index in [1.165, 1.54) is 43.5 Å². The Kier molecular flexibility index (Phi) is 8.10.